The molecule has 4 heteroatoms. The van der Waals surface area contributed by atoms with Gasteiger partial charge in [0.25, 0.3) is 0 Å². The molecule has 1 heterocycles. The maximum absolute atomic E-state index is 10.4. The van der Waals surface area contributed by atoms with Gasteiger partial charge in [0.1, 0.15) is 6.10 Å². The Morgan fingerprint density at radius 3 is 2.76 bits per heavy atom. The van der Waals surface area contributed by atoms with Gasteiger partial charge < -0.3 is 5.11 Å². The van der Waals surface area contributed by atoms with Crippen LogP contribution in [0.5, 0.6) is 0 Å². The molecule has 0 fully saturated rings. The molecular formula is C13H11ClINO. The minimum absolute atomic E-state index is 0.626. The second-order valence-electron chi connectivity index (χ2n) is 3.80. The van der Waals surface area contributed by atoms with Gasteiger partial charge >= 0.3 is 0 Å². The van der Waals surface area contributed by atoms with Gasteiger partial charge in [-0.2, -0.15) is 0 Å². The molecule has 0 bridgehead atoms. The van der Waals surface area contributed by atoms with E-state index in [1.807, 2.05) is 25.1 Å². The molecule has 1 aromatic heterocycles. The summed E-state index contributed by atoms with van der Waals surface area (Å²) >= 11 is 8.15. The zero-order chi connectivity index (χ0) is 12.4. The molecule has 0 aliphatic heterocycles. The predicted molar refractivity (Wildman–Crippen MR) is 77.2 cm³/mol. The Balaban J connectivity index is 2.47. The van der Waals surface area contributed by atoms with Gasteiger partial charge in [-0.05, 0) is 64.9 Å². The highest BCUT2D eigenvalue weighted by atomic mass is 127. The minimum atomic E-state index is -0.686. The molecule has 88 valence electrons. The number of hydrogen-bond acceptors (Lipinski definition) is 2. The number of aliphatic hydroxyl groups is 1. The van der Waals surface area contributed by atoms with E-state index in [1.54, 1.807) is 18.5 Å². The number of aliphatic hydroxyl groups excluding tert-OH is 1. The van der Waals surface area contributed by atoms with Crippen molar-refractivity contribution in [2.24, 2.45) is 0 Å². The van der Waals surface area contributed by atoms with Crippen LogP contribution in [0.4, 0.5) is 0 Å². The molecule has 0 spiro atoms. The summed E-state index contributed by atoms with van der Waals surface area (Å²) in [6.07, 6.45) is 2.72. The molecule has 1 unspecified atom stereocenters. The van der Waals surface area contributed by atoms with Crippen LogP contribution in [-0.4, -0.2) is 10.1 Å². The molecule has 0 radical (unpaired) electrons. The first kappa shape index (κ1) is 12.8. The number of aromatic nitrogens is 1. The van der Waals surface area contributed by atoms with Crippen LogP contribution in [0.15, 0.2) is 36.7 Å². The second-order valence-corrected chi connectivity index (χ2v) is 5.40. The van der Waals surface area contributed by atoms with Crippen LogP contribution >= 0.6 is 34.2 Å². The van der Waals surface area contributed by atoms with Gasteiger partial charge in [0, 0.05) is 26.5 Å². The fourth-order valence-corrected chi connectivity index (χ4v) is 2.47. The maximum atomic E-state index is 10.4. The lowest BCUT2D eigenvalue weighted by molar-refractivity contribution is 0.218. The Labute approximate surface area is 119 Å². The molecule has 17 heavy (non-hydrogen) atoms. The Morgan fingerprint density at radius 2 is 2.06 bits per heavy atom. The monoisotopic (exact) mass is 359 g/mol. The van der Waals surface area contributed by atoms with Crippen LogP contribution in [0.25, 0.3) is 0 Å². The number of halogens is 2. The van der Waals surface area contributed by atoms with Crippen molar-refractivity contribution < 1.29 is 5.11 Å². The molecule has 1 atom stereocenters. The van der Waals surface area contributed by atoms with E-state index in [2.05, 4.69) is 27.6 Å². The standard InChI is InChI=1S/C13H11ClINO/c1-8-4-5-16-7-11(8)13(17)10-6-9(14)2-3-12(10)15/h2-7,13,17H,1H3. The van der Waals surface area contributed by atoms with Crippen molar-refractivity contribution >= 4 is 34.2 Å². The summed E-state index contributed by atoms with van der Waals surface area (Å²) in [7, 11) is 0. The number of aryl methyl sites for hydroxylation is 1. The van der Waals surface area contributed by atoms with Gasteiger partial charge in [0.2, 0.25) is 0 Å². The van der Waals surface area contributed by atoms with E-state index in [9.17, 15) is 5.11 Å². The quantitative estimate of drug-likeness (QED) is 0.829. The highest BCUT2D eigenvalue weighted by Crippen LogP contribution is 2.29. The molecule has 0 aliphatic rings. The molecule has 0 saturated heterocycles. The molecule has 2 rings (SSSR count). The van der Waals surface area contributed by atoms with Crippen molar-refractivity contribution in [3.63, 3.8) is 0 Å². The molecule has 1 aromatic carbocycles. The smallest absolute Gasteiger partial charge is 0.107 e. The van der Waals surface area contributed by atoms with Gasteiger partial charge in [-0.3, -0.25) is 4.98 Å². The highest BCUT2D eigenvalue weighted by Gasteiger charge is 2.16. The van der Waals surface area contributed by atoms with E-state index >= 15 is 0 Å². The third kappa shape index (κ3) is 2.78. The fraction of sp³-hybridized carbons (Fsp3) is 0.154. The molecule has 2 aromatic rings. The van der Waals surface area contributed by atoms with E-state index in [0.29, 0.717) is 5.02 Å². The summed E-state index contributed by atoms with van der Waals surface area (Å²) in [5.74, 6) is 0. The lowest BCUT2D eigenvalue weighted by Crippen LogP contribution is -2.04. The van der Waals surface area contributed by atoms with Crippen LogP contribution in [0.3, 0.4) is 0 Å². The topological polar surface area (TPSA) is 33.1 Å². The summed E-state index contributed by atoms with van der Waals surface area (Å²) in [6, 6.07) is 7.39. The van der Waals surface area contributed by atoms with Crippen molar-refractivity contribution in [3.8, 4) is 0 Å². The van der Waals surface area contributed by atoms with E-state index in [1.165, 1.54) is 0 Å². The van der Waals surface area contributed by atoms with Crippen LogP contribution in [0, 0.1) is 10.5 Å². The number of pyridine rings is 1. The third-order valence-electron chi connectivity index (χ3n) is 2.63. The van der Waals surface area contributed by atoms with Crippen molar-refractivity contribution in [2.45, 2.75) is 13.0 Å². The van der Waals surface area contributed by atoms with Gasteiger partial charge in [0.05, 0.1) is 0 Å². The molecule has 0 saturated carbocycles. The number of nitrogens with zero attached hydrogens (tertiary/aromatic N) is 1. The Kier molecular flexibility index (Phi) is 4.01. The Morgan fingerprint density at radius 1 is 1.29 bits per heavy atom. The van der Waals surface area contributed by atoms with Crippen LogP contribution in [-0.2, 0) is 0 Å². The fourth-order valence-electron chi connectivity index (χ4n) is 1.65. The average Bonchev–Trinajstić information content (AvgIpc) is 2.32. The summed E-state index contributed by atoms with van der Waals surface area (Å²) in [5.41, 5.74) is 2.64. The molecule has 0 amide bonds. The van der Waals surface area contributed by atoms with Crippen molar-refractivity contribution in [1.82, 2.24) is 4.98 Å². The molecule has 2 nitrogen and oxygen atoms in total. The zero-order valence-corrected chi connectivity index (χ0v) is 12.1. The summed E-state index contributed by atoms with van der Waals surface area (Å²) in [4.78, 5) is 4.05. The van der Waals surface area contributed by atoms with Crippen LogP contribution in [0.1, 0.15) is 22.8 Å². The van der Waals surface area contributed by atoms with Gasteiger partial charge in [-0.15, -0.1) is 0 Å². The average molecular weight is 360 g/mol. The van der Waals surface area contributed by atoms with Crippen molar-refractivity contribution in [3.05, 3.63) is 61.9 Å². The first-order valence-corrected chi connectivity index (χ1v) is 6.59. The lowest BCUT2D eigenvalue weighted by Gasteiger charge is -2.15. The third-order valence-corrected chi connectivity index (χ3v) is 3.84. The van der Waals surface area contributed by atoms with Crippen LogP contribution in [0.2, 0.25) is 5.02 Å². The SMILES string of the molecule is Cc1ccncc1C(O)c1cc(Cl)ccc1I. The van der Waals surface area contributed by atoms with E-state index in [-0.39, 0.29) is 0 Å². The highest BCUT2D eigenvalue weighted by molar-refractivity contribution is 14.1. The Hall–Kier alpha value is -0.650. The normalized spacial score (nSPS) is 12.5. The van der Waals surface area contributed by atoms with E-state index in [4.69, 9.17) is 11.6 Å². The summed E-state index contributed by atoms with van der Waals surface area (Å²) in [6.45, 7) is 1.96. The number of hydrogen-bond donors (Lipinski definition) is 1. The van der Waals surface area contributed by atoms with E-state index < -0.39 is 6.10 Å². The summed E-state index contributed by atoms with van der Waals surface area (Å²) < 4.78 is 0.989. The Bertz CT molecular complexity index is 545. The zero-order valence-electron chi connectivity index (χ0n) is 9.19. The van der Waals surface area contributed by atoms with Crippen molar-refractivity contribution in [2.75, 3.05) is 0 Å². The molecular weight excluding hydrogens is 349 g/mol. The first-order valence-electron chi connectivity index (χ1n) is 5.13. The molecule has 1 N–H and O–H groups in total. The predicted octanol–water partition coefficient (Wildman–Crippen LogP) is 3.73. The number of benzene rings is 1. The van der Waals surface area contributed by atoms with Gasteiger partial charge in [0.15, 0.2) is 0 Å². The first-order chi connectivity index (χ1) is 8.09. The lowest BCUT2D eigenvalue weighted by atomic mass is 10.00. The van der Waals surface area contributed by atoms with Crippen molar-refractivity contribution in [1.29, 1.82) is 0 Å². The van der Waals surface area contributed by atoms with Gasteiger partial charge in [-0.25, -0.2) is 0 Å². The van der Waals surface area contributed by atoms with E-state index in [0.717, 1.165) is 20.3 Å². The summed E-state index contributed by atoms with van der Waals surface area (Å²) in [5, 5.41) is 11.0. The number of rotatable bonds is 2. The second kappa shape index (κ2) is 5.33. The van der Waals surface area contributed by atoms with Crippen LogP contribution < -0.4 is 0 Å². The molecule has 0 aliphatic carbocycles. The van der Waals surface area contributed by atoms with Gasteiger partial charge in [-0.1, -0.05) is 11.6 Å². The maximum Gasteiger partial charge on any atom is 0.107 e. The largest absolute Gasteiger partial charge is 0.384 e. The minimum Gasteiger partial charge on any atom is -0.384 e.